The molecule has 2 aromatic rings. The van der Waals surface area contributed by atoms with Crippen LogP contribution in [0.15, 0.2) is 24.4 Å². The van der Waals surface area contributed by atoms with Crippen LogP contribution in [0, 0.1) is 5.82 Å². The van der Waals surface area contributed by atoms with Gasteiger partial charge in [-0.25, -0.2) is 17.8 Å². The lowest BCUT2D eigenvalue weighted by Gasteiger charge is -2.36. The summed E-state index contributed by atoms with van der Waals surface area (Å²) in [6.07, 6.45) is 1.14. The molecule has 1 aliphatic heterocycles. The second kappa shape index (κ2) is 12.4. The van der Waals surface area contributed by atoms with Crippen molar-refractivity contribution in [3.63, 3.8) is 0 Å². The third kappa shape index (κ3) is 7.32. The highest BCUT2D eigenvalue weighted by molar-refractivity contribution is 7.88. The Hall–Kier alpha value is -2.71. The molecule has 1 aromatic heterocycles. The first-order valence-corrected chi connectivity index (χ1v) is 15.4. The number of rotatable bonds is 9. The normalized spacial score (nSPS) is 21.1. The van der Waals surface area contributed by atoms with E-state index in [4.69, 9.17) is 0 Å². The molecule has 2 fully saturated rings. The van der Waals surface area contributed by atoms with E-state index >= 15 is 0 Å². The quantitative estimate of drug-likeness (QED) is 0.414. The van der Waals surface area contributed by atoms with Crippen molar-refractivity contribution in [1.29, 1.82) is 0 Å². The molecule has 0 amide bonds. The smallest absolute Gasteiger partial charge is 0.368 e. The molecule has 1 saturated carbocycles. The van der Waals surface area contributed by atoms with E-state index < -0.39 is 27.6 Å². The SMILES string of the molecule is CCN(CC)C1CCC(Nc2nc(Nc3ccc(N4CCN(S(C)(=O)=O)CC4)c(C(F)(F)F)c3)ncc2F)CC1. The molecule has 0 radical (unpaired) electrons. The van der Waals surface area contributed by atoms with Crippen molar-refractivity contribution in [2.24, 2.45) is 0 Å². The molecule has 1 aromatic carbocycles. The number of sulfonamides is 1. The van der Waals surface area contributed by atoms with Crippen LogP contribution in [0.25, 0.3) is 0 Å². The average molecular weight is 588 g/mol. The summed E-state index contributed by atoms with van der Waals surface area (Å²) in [4.78, 5) is 12.1. The van der Waals surface area contributed by atoms with E-state index in [0.717, 1.165) is 57.3 Å². The predicted octanol–water partition coefficient (Wildman–Crippen LogP) is 4.52. The van der Waals surface area contributed by atoms with Crippen LogP contribution in [0.1, 0.15) is 45.1 Å². The summed E-state index contributed by atoms with van der Waals surface area (Å²) in [5, 5.41) is 5.93. The lowest BCUT2D eigenvalue weighted by molar-refractivity contribution is -0.137. The zero-order valence-corrected chi connectivity index (χ0v) is 23.8. The number of alkyl halides is 3. The van der Waals surface area contributed by atoms with Crippen molar-refractivity contribution in [2.75, 3.05) is 61.1 Å². The van der Waals surface area contributed by atoms with E-state index in [1.165, 1.54) is 21.3 Å². The molecule has 14 heteroatoms. The van der Waals surface area contributed by atoms with Crippen LogP contribution < -0.4 is 15.5 Å². The highest BCUT2D eigenvalue weighted by atomic mass is 32.2. The van der Waals surface area contributed by atoms with E-state index in [1.54, 1.807) is 0 Å². The van der Waals surface area contributed by atoms with Gasteiger partial charge in [-0.05, 0) is 57.0 Å². The highest BCUT2D eigenvalue weighted by Gasteiger charge is 2.36. The van der Waals surface area contributed by atoms with Crippen molar-refractivity contribution >= 4 is 33.2 Å². The second-order valence-corrected chi connectivity index (χ2v) is 12.2. The Morgan fingerprint density at radius 3 is 2.27 bits per heavy atom. The number of nitrogens with zero attached hydrogens (tertiary/aromatic N) is 5. The van der Waals surface area contributed by atoms with Gasteiger partial charge in [0.15, 0.2) is 11.6 Å². The average Bonchev–Trinajstić information content (AvgIpc) is 2.91. The molecule has 40 heavy (non-hydrogen) atoms. The van der Waals surface area contributed by atoms with Crippen LogP contribution >= 0.6 is 0 Å². The van der Waals surface area contributed by atoms with Gasteiger partial charge in [0.2, 0.25) is 16.0 Å². The molecule has 1 aliphatic carbocycles. The standard InChI is InChI=1S/C26H37F4N7O2S/c1-4-35(5-2)20-9-6-18(7-10-20)32-24-22(27)17-31-25(34-24)33-19-8-11-23(21(16-19)26(28,29)30)36-12-14-37(15-13-36)40(3,38)39/h8,11,16-18,20H,4-7,9-10,12-15H2,1-3H3,(H2,31,32,33,34). The molecule has 2 aliphatic rings. The summed E-state index contributed by atoms with van der Waals surface area (Å²) in [5.41, 5.74) is -0.798. The Morgan fingerprint density at radius 2 is 1.70 bits per heavy atom. The molecule has 0 unspecified atom stereocenters. The fourth-order valence-corrected chi connectivity index (χ4v) is 6.38. The first kappa shape index (κ1) is 30.3. The van der Waals surface area contributed by atoms with Gasteiger partial charge in [-0.1, -0.05) is 13.8 Å². The molecule has 4 rings (SSSR count). The van der Waals surface area contributed by atoms with Gasteiger partial charge in [0, 0.05) is 49.6 Å². The Balaban J connectivity index is 1.46. The third-order valence-corrected chi connectivity index (χ3v) is 9.02. The maximum absolute atomic E-state index is 14.5. The summed E-state index contributed by atoms with van der Waals surface area (Å²) in [6, 6.07) is 4.34. The Bertz CT molecular complexity index is 1260. The minimum absolute atomic E-state index is 0.0141. The number of nitrogens with one attached hydrogen (secondary N) is 2. The van der Waals surface area contributed by atoms with Crippen LogP contribution in [-0.4, -0.2) is 85.2 Å². The van der Waals surface area contributed by atoms with Crippen LogP contribution in [-0.2, 0) is 16.2 Å². The molecule has 0 atom stereocenters. The number of piperazine rings is 1. The Morgan fingerprint density at radius 1 is 1.05 bits per heavy atom. The summed E-state index contributed by atoms with van der Waals surface area (Å²) in [5.74, 6) is -0.639. The van der Waals surface area contributed by atoms with Gasteiger partial charge in [0.05, 0.1) is 18.0 Å². The second-order valence-electron chi connectivity index (χ2n) is 10.3. The van der Waals surface area contributed by atoms with E-state index in [2.05, 4.69) is 39.3 Å². The maximum atomic E-state index is 14.5. The fraction of sp³-hybridized carbons (Fsp3) is 0.615. The third-order valence-electron chi connectivity index (χ3n) is 7.72. The van der Waals surface area contributed by atoms with Crippen LogP contribution in [0.4, 0.5) is 40.7 Å². The van der Waals surface area contributed by atoms with Crippen molar-refractivity contribution in [2.45, 2.75) is 57.8 Å². The molecule has 0 spiro atoms. The monoisotopic (exact) mass is 587 g/mol. The lowest BCUT2D eigenvalue weighted by Crippen LogP contribution is -2.48. The largest absolute Gasteiger partial charge is 0.418 e. The molecule has 1 saturated heterocycles. The number of anilines is 4. The Labute approximate surface area is 233 Å². The predicted molar refractivity (Wildman–Crippen MR) is 148 cm³/mol. The van der Waals surface area contributed by atoms with Crippen LogP contribution in [0.5, 0.6) is 0 Å². The molecule has 2 heterocycles. The van der Waals surface area contributed by atoms with Crippen LogP contribution in [0.2, 0.25) is 0 Å². The van der Waals surface area contributed by atoms with Gasteiger partial charge < -0.3 is 20.4 Å². The minimum Gasteiger partial charge on any atom is -0.368 e. The van der Waals surface area contributed by atoms with E-state index in [-0.39, 0.29) is 55.4 Å². The molecule has 9 nitrogen and oxygen atoms in total. The number of aromatic nitrogens is 2. The highest BCUT2D eigenvalue weighted by Crippen LogP contribution is 2.39. The number of hydrogen-bond acceptors (Lipinski definition) is 8. The summed E-state index contributed by atoms with van der Waals surface area (Å²) >= 11 is 0. The summed E-state index contributed by atoms with van der Waals surface area (Å²) in [6.45, 7) is 6.75. The molecular weight excluding hydrogens is 550 g/mol. The van der Waals surface area contributed by atoms with E-state index in [9.17, 15) is 26.0 Å². The fourth-order valence-electron chi connectivity index (χ4n) is 5.55. The van der Waals surface area contributed by atoms with Gasteiger partial charge in [-0.3, -0.25) is 0 Å². The lowest BCUT2D eigenvalue weighted by atomic mass is 9.90. The van der Waals surface area contributed by atoms with E-state index in [0.29, 0.717) is 6.04 Å². The first-order valence-electron chi connectivity index (χ1n) is 13.6. The molecule has 222 valence electrons. The summed E-state index contributed by atoms with van der Waals surface area (Å²) < 4.78 is 81.4. The van der Waals surface area contributed by atoms with Crippen molar-refractivity contribution in [3.8, 4) is 0 Å². The van der Waals surface area contributed by atoms with Crippen molar-refractivity contribution < 1.29 is 26.0 Å². The van der Waals surface area contributed by atoms with Gasteiger partial charge in [0.1, 0.15) is 0 Å². The molecular formula is C26H37F4N7O2S. The molecule has 2 N–H and O–H groups in total. The minimum atomic E-state index is -4.65. The van der Waals surface area contributed by atoms with Gasteiger partial charge in [0.25, 0.3) is 0 Å². The van der Waals surface area contributed by atoms with E-state index in [1.807, 2.05) is 0 Å². The number of halogens is 4. The Kier molecular flexibility index (Phi) is 9.40. The summed E-state index contributed by atoms with van der Waals surface area (Å²) in [7, 11) is -3.41. The number of hydrogen-bond donors (Lipinski definition) is 2. The zero-order valence-electron chi connectivity index (χ0n) is 23.0. The molecule has 0 bridgehead atoms. The van der Waals surface area contributed by atoms with Gasteiger partial charge in [-0.2, -0.15) is 22.5 Å². The van der Waals surface area contributed by atoms with Crippen molar-refractivity contribution in [3.05, 3.63) is 35.8 Å². The number of benzene rings is 1. The van der Waals surface area contributed by atoms with Gasteiger partial charge in [-0.15, -0.1) is 0 Å². The maximum Gasteiger partial charge on any atom is 0.418 e. The van der Waals surface area contributed by atoms with Gasteiger partial charge >= 0.3 is 6.18 Å². The van der Waals surface area contributed by atoms with Crippen molar-refractivity contribution in [1.82, 2.24) is 19.2 Å². The first-order chi connectivity index (χ1) is 18.9. The topological polar surface area (TPSA) is 93.7 Å². The zero-order chi connectivity index (χ0) is 29.1. The van der Waals surface area contributed by atoms with Crippen LogP contribution in [0.3, 0.4) is 0 Å².